The number of halogens is 1. The topological polar surface area (TPSA) is 26.1 Å². The van der Waals surface area contributed by atoms with Crippen molar-refractivity contribution < 1.29 is 4.74 Å². The van der Waals surface area contributed by atoms with Crippen molar-refractivity contribution in [3.63, 3.8) is 0 Å². The van der Waals surface area contributed by atoms with E-state index in [2.05, 4.69) is 0 Å². The number of benzene rings is 1. The fourth-order valence-electron chi connectivity index (χ4n) is 1.92. The van der Waals surface area contributed by atoms with Crippen LogP contribution in [0, 0.1) is 5.21 Å². The summed E-state index contributed by atoms with van der Waals surface area (Å²) in [5.41, 5.74) is 1.69. The third-order valence-electron chi connectivity index (χ3n) is 2.78. The standard InChI is InChI=1S/C12H14ClNO/c13-10-6-8-12(9-7-10)14(15)11-4-2-1-3-5-11/h6-9H,1-5H2. The summed E-state index contributed by atoms with van der Waals surface area (Å²) < 4.78 is 1.06. The number of rotatable bonds is 1. The molecule has 15 heavy (non-hydrogen) atoms. The Balaban J connectivity index is 2.25. The molecule has 80 valence electrons. The van der Waals surface area contributed by atoms with Gasteiger partial charge in [0.2, 0.25) is 5.69 Å². The van der Waals surface area contributed by atoms with E-state index in [9.17, 15) is 5.21 Å². The molecular weight excluding hydrogens is 210 g/mol. The Morgan fingerprint density at radius 2 is 1.60 bits per heavy atom. The smallest absolute Gasteiger partial charge is 0.216 e. The van der Waals surface area contributed by atoms with E-state index >= 15 is 0 Å². The summed E-state index contributed by atoms with van der Waals surface area (Å²) in [5.74, 6) is 0. The van der Waals surface area contributed by atoms with Crippen molar-refractivity contribution >= 4 is 23.0 Å². The first-order valence-corrected chi connectivity index (χ1v) is 5.73. The number of hydrogen-bond donors (Lipinski definition) is 0. The molecule has 3 heteroatoms. The molecule has 0 aromatic heterocycles. The zero-order valence-electron chi connectivity index (χ0n) is 8.58. The summed E-state index contributed by atoms with van der Waals surface area (Å²) in [4.78, 5) is 0. The molecule has 0 heterocycles. The Hall–Kier alpha value is -1.02. The van der Waals surface area contributed by atoms with Gasteiger partial charge in [0.1, 0.15) is 0 Å². The van der Waals surface area contributed by atoms with Crippen molar-refractivity contribution in [2.75, 3.05) is 0 Å². The third-order valence-corrected chi connectivity index (χ3v) is 3.03. The van der Waals surface area contributed by atoms with Crippen LogP contribution in [0.15, 0.2) is 24.3 Å². The van der Waals surface area contributed by atoms with Crippen molar-refractivity contribution in [3.05, 3.63) is 34.5 Å². The number of nitrogens with zero attached hydrogens (tertiary/aromatic N) is 1. The Morgan fingerprint density at radius 1 is 1.00 bits per heavy atom. The van der Waals surface area contributed by atoms with E-state index in [1.165, 1.54) is 6.42 Å². The van der Waals surface area contributed by atoms with Gasteiger partial charge in [0, 0.05) is 30.0 Å². The fraction of sp³-hybridized carbons (Fsp3) is 0.417. The molecule has 0 N–H and O–H groups in total. The molecular formula is C12H14ClNO. The molecule has 0 amide bonds. The second kappa shape index (κ2) is 4.67. The van der Waals surface area contributed by atoms with Gasteiger partial charge in [-0.2, -0.15) is 4.74 Å². The largest absolute Gasteiger partial charge is 0.618 e. The second-order valence-corrected chi connectivity index (χ2v) is 4.33. The summed E-state index contributed by atoms with van der Waals surface area (Å²) >= 11 is 5.77. The van der Waals surface area contributed by atoms with Gasteiger partial charge in [0.15, 0.2) is 5.71 Å². The highest BCUT2D eigenvalue weighted by atomic mass is 35.5. The van der Waals surface area contributed by atoms with Crippen LogP contribution in [0.1, 0.15) is 32.1 Å². The van der Waals surface area contributed by atoms with E-state index in [0.717, 1.165) is 36.1 Å². The normalized spacial score (nSPS) is 16.5. The first-order valence-electron chi connectivity index (χ1n) is 5.35. The van der Waals surface area contributed by atoms with E-state index in [-0.39, 0.29) is 0 Å². The summed E-state index contributed by atoms with van der Waals surface area (Å²) in [6.07, 6.45) is 5.40. The van der Waals surface area contributed by atoms with Gasteiger partial charge in [-0.1, -0.05) is 18.0 Å². The van der Waals surface area contributed by atoms with Gasteiger partial charge in [0.05, 0.1) is 0 Å². The van der Waals surface area contributed by atoms with Gasteiger partial charge < -0.3 is 5.21 Å². The molecule has 2 rings (SSSR count). The average Bonchev–Trinajstić information content (AvgIpc) is 2.30. The molecule has 1 fully saturated rings. The first kappa shape index (κ1) is 10.5. The average molecular weight is 224 g/mol. The maximum absolute atomic E-state index is 11.9. The lowest BCUT2D eigenvalue weighted by Gasteiger charge is -2.14. The van der Waals surface area contributed by atoms with Crippen LogP contribution in [0.3, 0.4) is 0 Å². The molecule has 2 nitrogen and oxygen atoms in total. The van der Waals surface area contributed by atoms with Crippen molar-refractivity contribution in [3.8, 4) is 0 Å². The summed E-state index contributed by atoms with van der Waals surface area (Å²) in [6, 6.07) is 7.06. The van der Waals surface area contributed by atoms with E-state index in [0.29, 0.717) is 10.7 Å². The highest BCUT2D eigenvalue weighted by Gasteiger charge is 2.15. The highest BCUT2D eigenvalue weighted by Crippen LogP contribution is 2.20. The van der Waals surface area contributed by atoms with Crippen molar-refractivity contribution in [1.29, 1.82) is 0 Å². The molecule has 0 atom stereocenters. The third kappa shape index (κ3) is 2.51. The Labute approximate surface area is 94.8 Å². The lowest BCUT2D eigenvalue weighted by atomic mass is 9.98. The molecule has 0 unspecified atom stereocenters. The zero-order valence-corrected chi connectivity index (χ0v) is 9.33. The van der Waals surface area contributed by atoms with E-state index in [1.54, 1.807) is 24.3 Å². The number of hydrogen-bond acceptors (Lipinski definition) is 1. The van der Waals surface area contributed by atoms with E-state index in [1.807, 2.05) is 0 Å². The van der Waals surface area contributed by atoms with Gasteiger partial charge in [-0.05, 0) is 25.0 Å². The summed E-state index contributed by atoms with van der Waals surface area (Å²) in [7, 11) is 0. The highest BCUT2D eigenvalue weighted by molar-refractivity contribution is 6.30. The Kier molecular flexibility index (Phi) is 3.27. The lowest BCUT2D eigenvalue weighted by molar-refractivity contribution is -0.364. The molecule has 1 aromatic rings. The minimum Gasteiger partial charge on any atom is -0.618 e. The molecule has 1 aliphatic carbocycles. The predicted octanol–water partition coefficient (Wildman–Crippen LogP) is 3.89. The molecule has 0 spiro atoms. The molecule has 0 radical (unpaired) electrons. The van der Waals surface area contributed by atoms with Crippen molar-refractivity contribution in [2.24, 2.45) is 0 Å². The summed E-state index contributed by atoms with van der Waals surface area (Å²) in [5, 5.41) is 12.6. The lowest BCUT2D eigenvalue weighted by Crippen LogP contribution is -2.15. The van der Waals surface area contributed by atoms with Crippen LogP contribution in [-0.2, 0) is 0 Å². The van der Waals surface area contributed by atoms with Gasteiger partial charge in [-0.25, -0.2) is 0 Å². The van der Waals surface area contributed by atoms with Crippen LogP contribution in [0.2, 0.25) is 5.02 Å². The van der Waals surface area contributed by atoms with Crippen LogP contribution in [-0.4, -0.2) is 10.5 Å². The molecule has 0 aliphatic heterocycles. The van der Waals surface area contributed by atoms with Gasteiger partial charge in [-0.15, -0.1) is 0 Å². The maximum atomic E-state index is 11.9. The minimum atomic E-state index is 0.667. The van der Waals surface area contributed by atoms with Gasteiger partial charge in [0.25, 0.3) is 0 Å². The van der Waals surface area contributed by atoms with Crippen LogP contribution in [0.5, 0.6) is 0 Å². The maximum Gasteiger partial charge on any atom is 0.216 e. The zero-order chi connectivity index (χ0) is 10.7. The first-order chi connectivity index (χ1) is 7.27. The van der Waals surface area contributed by atoms with Crippen LogP contribution in [0.4, 0.5) is 5.69 Å². The Bertz CT molecular complexity index is 362. The van der Waals surface area contributed by atoms with Crippen molar-refractivity contribution in [2.45, 2.75) is 32.1 Å². The van der Waals surface area contributed by atoms with Crippen LogP contribution >= 0.6 is 11.6 Å². The molecule has 1 aromatic carbocycles. The fourth-order valence-corrected chi connectivity index (χ4v) is 2.05. The van der Waals surface area contributed by atoms with Crippen LogP contribution in [0.25, 0.3) is 0 Å². The van der Waals surface area contributed by atoms with Gasteiger partial charge >= 0.3 is 0 Å². The SMILES string of the molecule is [O-][N+](=C1CCCCC1)c1ccc(Cl)cc1. The summed E-state index contributed by atoms with van der Waals surface area (Å²) in [6.45, 7) is 0. The monoisotopic (exact) mass is 223 g/mol. The Morgan fingerprint density at radius 3 is 2.20 bits per heavy atom. The molecule has 0 saturated heterocycles. The van der Waals surface area contributed by atoms with E-state index in [4.69, 9.17) is 11.6 Å². The minimum absolute atomic E-state index is 0.667. The molecule has 1 saturated carbocycles. The van der Waals surface area contributed by atoms with Gasteiger partial charge in [-0.3, -0.25) is 0 Å². The molecule has 1 aliphatic rings. The second-order valence-electron chi connectivity index (χ2n) is 3.90. The predicted molar refractivity (Wildman–Crippen MR) is 62.8 cm³/mol. The van der Waals surface area contributed by atoms with E-state index < -0.39 is 0 Å². The van der Waals surface area contributed by atoms with Crippen LogP contribution < -0.4 is 0 Å². The molecule has 0 bridgehead atoms. The quantitative estimate of drug-likeness (QED) is 0.403. The van der Waals surface area contributed by atoms with Crippen molar-refractivity contribution in [1.82, 2.24) is 0 Å².